The first-order valence-corrected chi connectivity index (χ1v) is 8.33. The number of amides is 1. The standard InChI is InChI=1S/C19H20N2OS/c1-14-6-4-5-7-17(14)18(12-20(2)13-22)15-8-9-16-11-21(3)23-19(16)10-15/h4-10,12-13H,11H2,1-3H3/b18-12-. The zero-order valence-corrected chi connectivity index (χ0v) is 14.4. The largest absolute Gasteiger partial charge is 0.324 e. The third-order valence-corrected chi connectivity index (χ3v) is 4.98. The average molecular weight is 324 g/mol. The van der Waals surface area contributed by atoms with Crippen LogP contribution in [0, 0.1) is 6.92 Å². The van der Waals surface area contributed by atoms with E-state index < -0.39 is 0 Å². The Morgan fingerprint density at radius 3 is 2.78 bits per heavy atom. The molecule has 3 nitrogen and oxygen atoms in total. The Morgan fingerprint density at radius 2 is 2.04 bits per heavy atom. The third-order valence-electron chi connectivity index (χ3n) is 3.96. The Kier molecular flexibility index (Phi) is 4.55. The van der Waals surface area contributed by atoms with Crippen LogP contribution in [0.4, 0.5) is 0 Å². The number of hydrogen-bond donors (Lipinski definition) is 0. The number of aryl methyl sites for hydroxylation is 1. The first kappa shape index (κ1) is 15.8. The van der Waals surface area contributed by atoms with Crippen LogP contribution in [0.1, 0.15) is 22.3 Å². The van der Waals surface area contributed by atoms with Crippen LogP contribution in [0.5, 0.6) is 0 Å². The molecule has 118 valence electrons. The second-order valence-corrected chi connectivity index (χ2v) is 7.07. The van der Waals surface area contributed by atoms with E-state index in [2.05, 4.69) is 48.6 Å². The van der Waals surface area contributed by atoms with Gasteiger partial charge in [-0.2, -0.15) is 0 Å². The van der Waals surface area contributed by atoms with E-state index in [1.165, 1.54) is 16.0 Å². The van der Waals surface area contributed by atoms with E-state index in [1.807, 2.05) is 18.3 Å². The molecule has 1 amide bonds. The lowest BCUT2D eigenvalue weighted by Crippen LogP contribution is -2.08. The van der Waals surface area contributed by atoms with Gasteiger partial charge in [0.1, 0.15) is 0 Å². The van der Waals surface area contributed by atoms with Crippen LogP contribution < -0.4 is 0 Å². The SMILES string of the molecule is Cc1ccccc1/C(=C\N(C)C=O)c1ccc2c(c1)SN(C)C2. The van der Waals surface area contributed by atoms with E-state index in [-0.39, 0.29) is 0 Å². The van der Waals surface area contributed by atoms with Crippen LogP contribution in [-0.2, 0) is 11.3 Å². The zero-order valence-electron chi connectivity index (χ0n) is 13.6. The van der Waals surface area contributed by atoms with Gasteiger partial charge < -0.3 is 4.90 Å². The van der Waals surface area contributed by atoms with Crippen molar-refractivity contribution in [2.45, 2.75) is 18.4 Å². The van der Waals surface area contributed by atoms with Crippen molar-refractivity contribution < 1.29 is 4.79 Å². The fraction of sp³-hybridized carbons (Fsp3) is 0.211. The van der Waals surface area contributed by atoms with E-state index in [0.717, 1.165) is 29.7 Å². The number of hydrogen-bond acceptors (Lipinski definition) is 3. The number of carbonyl (C=O) groups is 1. The van der Waals surface area contributed by atoms with Gasteiger partial charge in [0.2, 0.25) is 6.41 Å². The maximum Gasteiger partial charge on any atom is 0.213 e. The molecule has 1 aliphatic heterocycles. The number of rotatable bonds is 4. The Balaban J connectivity index is 2.10. The molecule has 0 fully saturated rings. The lowest BCUT2D eigenvalue weighted by atomic mass is 9.94. The number of carbonyl (C=O) groups excluding carboxylic acids is 1. The van der Waals surface area contributed by atoms with Crippen LogP contribution in [-0.4, -0.2) is 29.7 Å². The fourth-order valence-corrected chi connectivity index (χ4v) is 3.76. The summed E-state index contributed by atoms with van der Waals surface area (Å²) in [5.74, 6) is 0. The highest BCUT2D eigenvalue weighted by Crippen LogP contribution is 2.37. The highest BCUT2D eigenvalue weighted by molar-refractivity contribution is 7.97. The van der Waals surface area contributed by atoms with E-state index >= 15 is 0 Å². The zero-order chi connectivity index (χ0) is 16.4. The van der Waals surface area contributed by atoms with E-state index in [4.69, 9.17) is 0 Å². The van der Waals surface area contributed by atoms with Gasteiger partial charge >= 0.3 is 0 Å². The molecule has 0 unspecified atom stereocenters. The molecule has 1 aliphatic rings. The van der Waals surface area contributed by atoms with Crippen molar-refractivity contribution in [3.63, 3.8) is 0 Å². The van der Waals surface area contributed by atoms with Gasteiger partial charge in [0.05, 0.1) is 0 Å². The van der Waals surface area contributed by atoms with Gasteiger partial charge in [0, 0.05) is 30.3 Å². The molecule has 0 aliphatic carbocycles. The lowest BCUT2D eigenvalue weighted by Gasteiger charge is -2.15. The predicted molar refractivity (Wildman–Crippen MR) is 95.9 cm³/mol. The molecule has 0 saturated heterocycles. The van der Waals surface area contributed by atoms with Gasteiger partial charge in [-0.25, -0.2) is 4.31 Å². The summed E-state index contributed by atoms with van der Waals surface area (Å²) in [5.41, 5.74) is 5.90. The summed E-state index contributed by atoms with van der Waals surface area (Å²) >= 11 is 1.77. The Bertz CT molecular complexity index is 770. The van der Waals surface area contributed by atoms with Crippen molar-refractivity contribution in [2.24, 2.45) is 0 Å². The quantitative estimate of drug-likeness (QED) is 0.629. The van der Waals surface area contributed by atoms with Gasteiger partial charge in [0.15, 0.2) is 0 Å². The molecule has 0 aromatic heterocycles. The Hall–Kier alpha value is -2.04. The molecule has 4 heteroatoms. The molecule has 2 aromatic rings. The number of benzene rings is 2. The summed E-state index contributed by atoms with van der Waals surface area (Å²) in [6.07, 6.45) is 2.73. The Morgan fingerprint density at radius 1 is 1.26 bits per heavy atom. The molecular weight excluding hydrogens is 304 g/mol. The van der Waals surface area contributed by atoms with Crippen LogP contribution >= 0.6 is 11.9 Å². The first-order chi connectivity index (χ1) is 11.1. The monoisotopic (exact) mass is 324 g/mol. The summed E-state index contributed by atoms with van der Waals surface area (Å²) in [4.78, 5) is 13.9. The van der Waals surface area contributed by atoms with E-state index in [0.29, 0.717) is 0 Å². The van der Waals surface area contributed by atoms with Crippen molar-refractivity contribution in [1.82, 2.24) is 9.21 Å². The van der Waals surface area contributed by atoms with Crippen LogP contribution in [0.15, 0.2) is 53.6 Å². The Labute approximate surface area is 141 Å². The second kappa shape index (κ2) is 6.60. The van der Waals surface area contributed by atoms with Crippen molar-refractivity contribution in [3.8, 4) is 0 Å². The van der Waals surface area contributed by atoms with Crippen LogP contribution in [0.2, 0.25) is 0 Å². The molecule has 0 radical (unpaired) electrons. The third kappa shape index (κ3) is 3.33. The first-order valence-electron chi connectivity index (χ1n) is 7.56. The van der Waals surface area contributed by atoms with Crippen LogP contribution in [0.3, 0.4) is 0 Å². The molecular formula is C19H20N2OS. The smallest absolute Gasteiger partial charge is 0.213 e. The molecule has 3 rings (SSSR count). The van der Waals surface area contributed by atoms with Gasteiger partial charge in [-0.3, -0.25) is 4.79 Å². The van der Waals surface area contributed by atoms with Gasteiger partial charge in [-0.05, 0) is 54.2 Å². The minimum Gasteiger partial charge on any atom is -0.324 e. The summed E-state index contributed by atoms with van der Waals surface area (Å²) < 4.78 is 2.23. The molecule has 2 aromatic carbocycles. The molecule has 0 spiro atoms. The topological polar surface area (TPSA) is 23.6 Å². The predicted octanol–water partition coefficient (Wildman–Crippen LogP) is 3.92. The summed E-state index contributed by atoms with van der Waals surface area (Å²) in [6, 6.07) is 14.8. The van der Waals surface area contributed by atoms with Crippen LogP contribution in [0.25, 0.3) is 5.57 Å². The minimum absolute atomic E-state index is 0.828. The number of fused-ring (bicyclic) bond motifs is 1. The maximum absolute atomic E-state index is 11.1. The van der Waals surface area contributed by atoms with Gasteiger partial charge in [-0.1, -0.05) is 36.4 Å². The van der Waals surface area contributed by atoms with Gasteiger partial charge in [0.25, 0.3) is 0 Å². The molecule has 0 bridgehead atoms. The van der Waals surface area contributed by atoms with E-state index in [1.54, 1.807) is 23.9 Å². The lowest BCUT2D eigenvalue weighted by molar-refractivity contribution is -0.114. The highest BCUT2D eigenvalue weighted by atomic mass is 32.2. The number of nitrogens with zero attached hydrogens (tertiary/aromatic N) is 2. The van der Waals surface area contributed by atoms with Crippen molar-refractivity contribution in [3.05, 3.63) is 70.9 Å². The molecule has 0 saturated carbocycles. The second-order valence-electron chi connectivity index (χ2n) is 5.83. The molecule has 23 heavy (non-hydrogen) atoms. The summed E-state index contributed by atoms with van der Waals surface area (Å²) in [7, 11) is 3.86. The van der Waals surface area contributed by atoms with Crippen molar-refractivity contribution in [2.75, 3.05) is 14.1 Å². The summed E-state index contributed by atoms with van der Waals surface area (Å²) in [6.45, 7) is 3.07. The molecule has 0 N–H and O–H groups in total. The molecule has 0 atom stereocenters. The fourth-order valence-electron chi connectivity index (χ4n) is 2.79. The molecule has 1 heterocycles. The normalized spacial score (nSPS) is 14.7. The van der Waals surface area contributed by atoms with E-state index in [9.17, 15) is 4.79 Å². The van der Waals surface area contributed by atoms with Crippen molar-refractivity contribution in [1.29, 1.82) is 0 Å². The highest BCUT2D eigenvalue weighted by Gasteiger charge is 2.18. The maximum atomic E-state index is 11.1. The summed E-state index contributed by atoms with van der Waals surface area (Å²) in [5, 5.41) is 0. The average Bonchev–Trinajstić information content (AvgIpc) is 2.92. The van der Waals surface area contributed by atoms with Gasteiger partial charge in [-0.15, -0.1) is 0 Å². The minimum atomic E-state index is 0.828. The van der Waals surface area contributed by atoms with Crippen molar-refractivity contribution >= 4 is 23.9 Å².